The minimum absolute atomic E-state index is 0.198. The van der Waals surface area contributed by atoms with Crippen molar-refractivity contribution in [2.45, 2.75) is 6.10 Å². The van der Waals surface area contributed by atoms with Crippen molar-refractivity contribution in [1.29, 1.82) is 0 Å². The number of methoxy groups -OCH3 is 2. The van der Waals surface area contributed by atoms with E-state index in [2.05, 4.69) is 0 Å². The third-order valence-corrected chi connectivity index (χ3v) is 2.69. The smallest absolute Gasteiger partial charge is 0.343 e. The summed E-state index contributed by atoms with van der Waals surface area (Å²) in [5.74, 6) is -0.00611. The molecule has 0 amide bonds. The lowest BCUT2D eigenvalue weighted by Crippen LogP contribution is -2.12. The number of rotatable bonds is 4. The number of nitrogens with zero attached hydrogens (tertiary/aromatic N) is 1. The standard InChI is InChI=1S/C11H11NO6/c1-16-7-4-3-6-8(5-12(14)15)18-11(13)9(6)10(7)17-2/h3-4,8H,5H2,1-2H3/t8-/m1/s1. The average molecular weight is 253 g/mol. The van der Waals surface area contributed by atoms with Crippen molar-refractivity contribution in [3.8, 4) is 11.5 Å². The van der Waals surface area contributed by atoms with E-state index >= 15 is 0 Å². The highest BCUT2D eigenvalue weighted by atomic mass is 16.6. The van der Waals surface area contributed by atoms with E-state index in [0.29, 0.717) is 11.3 Å². The van der Waals surface area contributed by atoms with E-state index in [-0.39, 0.29) is 11.3 Å². The van der Waals surface area contributed by atoms with Crippen molar-refractivity contribution in [3.63, 3.8) is 0 Å². The van der Waals surface area contributed by atoms with Gasteiger partial charge in [0, 0.05) is 10.5 Å². The Morgan fingerprint density at radius 3 is 2.67 bits per heavy atom. The van der Waals surface area contributed by atoms with Crippen LogP contribution in [0.3, 0.4) is 0 Å². The summed E-state index contributed by atoms with van der Waals surface area (Å²) in [7, 11) is 2.84. The van der Waals surface area contributed by atoms with Gasteiger partial charge in [-0.3, -0.25) is 10.1 Å². The Labute approximate surface area is 102 Å². The van der Waals surface area contributed by atoms with Crippen LogP contribution in [0.4, 0.5) is 0 Å². The van der Waals surface area contributed by atoms with Crippen LogP contribution in [-0.2, 0) is 4.74 Å². The third kappa shape index (κ3) is 1.83. The van der Waals surface area contributed by atoms with Gasteiger partial charge in [-0.25, -0.2) is 4.79 Å². The number of benzene rings is 1. The van der Waals surface area contributed by atoms with Crippen LogP contribution in [0.1, 0.15) is 22.0 Å². The van der Waals surface area contributed by atoms with Crippen LogP contribution >= 0.6 is 0 Å². The molecule has 0 fully saturated rings. The van der Waals surface area contributed by atoms with Crippen LogP contribution in [0.5, 0.6) is 11.5 Å². The van der Waals surface area contributed by atoms with E-state index in [0.717, 1.165) is 0 Å². The molecule has 0 saturated carbocycles. The van der Waals surface area contributed by atoms with Crippen molar-refractivity contribution in [2.75, 3.05) is 20.8 Å². The number of esters is 1. The maximum Gasteiger partial charge on any atom is 0.343 e. The van der Waals surface area contributed by atoms with E-state index in [1.54, 1.807) is 12.1 Å². The molecule has 7 nitrogen and oxygen atoms in total. The van der Waals surface area contributed by atoms with E-state index in [1.165, 1.54) is 14.2 Å². The van der Waals surface area contributed by atoms with E-state index in [9.17, 15) is 14.9 Å². The SMILES string of the molecule is COc1ccc2c(c1OC)C(=O)O[C@@H]2C[N+](=O)[O-]. The lowest BCUT2D eigenvalue weighted by atomic mass is 10.0. The maximum atomic E-state index is 11.7. The summed E-state index contributed by atoms with van der Waals surface area (Å²) in [6.45, 7) is -0.464. The molecule has 0 aromatic heterocycles. The highest BCUT2D eigenvalue weighted by molar-refractivity contribution is 5.98. The number of fused-ring (bicyclic) bond motifs is 1. The summed E-state index contributed by atoms with van der Waals surface area (Å²) < 4.78 is 15.1. The number of hydrogen-bond donors (Lipinski definition) is 0. The molecule has 1 aromatic carbocycles. The Bertz CT molecular complexity index is 513. The maximum absolute atomic E-state index is 11.7. The van der Waals surface area contributed by atoms with Gasteiger partial charge in [0.1, 0.15) is 5.56 Å². The van der Waals surface area contributed by atoms with Gasteiger partial charge < -0.3 is 14.2 Å². The molecular weight excluding hydrogens is 242 g/mol. The predicted molar refractivity (Wildman–Crippen MR) is 59.6 cm³/mol. The van der Waals surface area contributed by atoms with Gasteiger partial charge in [0.2, 0.25) is 6.54 Å². The predicted octanol–water partition coefficient (Wildman–Crippen LogP) is 1.19. The molecule has 1 aliphatic heterocycles. The minimum Gasteiger partial charge on any atom is -0.493 e. The van der Waals surface area contributed by atoms with E-state index in [1.807, 2.05) is 0 Å². The number of carbonyl (C=O) groups is 1. The molecule has 0 unspecified atom stereocenters. The molecule has 1 heterocycles. The molecular formula is C11H11NO6. The Hall–Kier alpha value is -2.31. The molecule has 0 aliphatic carbocycles. The van der Waals surface area contributed by atoms with Gasteiger partial charge in [0.15, 0.2) is 17.6 Å². The van der Waals surface area contributed by atoms with E-state index < -0.39 is 23.5 Å². The third-order valence-electron chi connectivity index (χ3n) is 2.69. The molecule has 1 atom stereocenters. The number of carbonyl (C=O) groups excluding carboxylic acids is 1. The fourth-order valence-corrected chi connectivity index (χ4v) is 1.94. The molecule has 0 radical (unpaired) electrons. The van der Waals surface area contributed by atoms with Gasteiger partial charge in [0.05, 0.1) is 14.2 Å². The number of ether oxygens (including phenoxy) is 3. The second-order valence-electron chi connectivity index (χ2n) is 3.67. The lowest BCUT2D eigenvalue weighted by molar-refractivity contribution is -0.490. The zero-order valence-corrected chi connectivity index (χ0v) is 9.84. The van der Waals surface area contributed by atoms with Crippen LogP contribution < -0.4 is 9.47 Å². The minimum atomic E-state index is -0.873. The zero-order valence-electron chi connectivity index (χ0n) is 9.84. The second kappa shape index (κ2) is 4.52. The number of cyclic esters (lactones) is 1. The first kappa shape index (κ1) is 12.2. The molecule has 0 spiro atoms. The largest absolute Gasteiger partial charge is 0.493 e. The van der Waals surface area contributed by atoms with Crippen LogP contribution in [0.25, 0.3) is 0 Å². The van der Waals surface area contributed by atoms with E-state index in [4.69, 9.17) is 14.2 Å². The Balaban J connectivity index is 2.50. The second-order valence-corrected chi connectivity index (χ2v) is 3.67. The molecule has 0 N–H and O–H groups in total. The average Bonchev–Trinajstić information content (AvgIpc) is 2.64. The molecule has 0 saturated heterocycles. The quantitative estimate of drug-likeness (QED) is 0.455. The Kier molecular flexibility index (Phi) is 3.05. The molecule has 96 valence electrons. The fourth-order valence-electron chi connectivity index (χ4n) is 1.94. The zero-order chi connectivity index (χ0) is 13.3. The van der Waals surface area contributed by atoms with Gasteiger partial charge in [0.25, 0.3) is 0 Å². The van der Waals surface area contributed by atoms with Crippen molar-refractivity contribution in [3.05, 3.63) is 33.4 Å². The van der Waals surface area contributed by atoms with Crippen molar-refractivity contribution >= 4 is 5.97 Å². The first-order chi connectivity index (χ1) is 8.58. The summed E-state index contributed by atoms with van der Waals surface area (Å²) in [5.41, 5.74) is 0.651. The number of nitro groups is 1. The van der Waals surface area contributed by atoms with Crippen LogP contribution in [0.15, 0.2) is 12.1 Å². The molecule has 2 rings (SSSR count). The summed E-state index contributed by atoms with van der Waals surface area (Å²) >= 11 is 0. The van der Waals surface area contributed by atoms with Crippen molar-refractivity contribution < 1.29 is 23.9 Å². The number of hydrogen-bond acceptors (Lipinski definition) is 6. The van der Waals surface area contributed by atoms with Crippen LogP contribution in [0, 0.1) is 10.1 Å². The summed E-state index contributed by atoms with van der Waals surface area (Å²) in [4.78, 5) is 21.7. The van der Waals surface area contributed by atoms with Crippen LogP contribution in [-0.4, -0.2) is 31.7 Å². The molecule has 1 aromatic rings. The first-order valence-corrected chi connectivity index (χ1v) is 5.16. The Morgan fingerprint density at radius 1 is 1.39 bits per heavy atom. The molecule has 7 heteroatoms. The summed E-state index contributed by atoms with van der Waals surface area (Å²) in [6.07, 6.45) is -0.873. The van der Waals surface area contributed by atoms with Crippen molar-refractivity contribution in [1.82, 2.24) is 0 Å². The van der Waals surface area contributed by atoms with Crippen molar-refractivity contribution in [2.24, 2.45) is 0 Å². The van der Waals surface area contributed by atoms with Gasteiger partial charge in [-0.05, 0) is 6.07 Å². The van der Waals surface area contributed by atoms with Gasteiger partial charge >= 0.3 is 5.97 Å². The summed E-state index contributed by atoms with van der Waals surface area (Å²) in [6, 6.07) is 3.17. The normalized spacial score (nSPS) is 17.0. The first-order valence-electron chi connectivity index (χ1n) is 5.16. The lowest BCUT2D eigenvalue weighted by Gasteiger charge is -2.10. The highest BCUT2D eigenvalue weighted by Crippen LogP contribution is 2.41. The van der Waals surface area contributed by atoms with Gasteiger partial charge in [-0.1, -0.05) is 6.07 Å². The molecule has 18 heavy (non-hydrogen) atoms. The summed E-state index contributed by atoms with van der Waals surface area (Å²) in [5, 5.41) is 10.5. The topological polar surface area (TPSA) is 87.9 Å². The van der Waals surface area contributed by atoms with Gasteiger partial charge in [-0.2, -0.15) is 0 Å². The molecule has 0 bridgehead atoms. The highest BCUT2D eigenvalue weighted by Gasteiger charge is 2.38. The Morgan fingerprint density at radius 2 is 2.11 bits per heavy atom. The molecule has 1 aliphatic rings. The monoisotopic (exact) mass is 253 g/mol. The van der Waals surface area contributed by atoms with Crippen LogP contribution in [0.2, 0.25) is 0 Å². The fraction of sp³-hybridized carbons (Fsp3) is 0.364. The van der Waals surface area contributed by atoms with Gasteiger partial charge in [-0.15, -0.1) is 0 Å².